The first-order chi connectivity index (χ1) is 15.5. The van der Waals surface area contributed by atoms with E-state index < -0.39 is 5.91 Å². The van der Waals surface area contributed by atoms with Gasteiger partial charge in [-0.2, -0.15) is 4.68 Å². The van der Waals surface area contributed by atoms with Gasteiger partial charge in [0.05, 0.1) is 10.6 Å². The summed E-state index contributed by atoms with van der Waals surface area (Å²) in [4.78, 5) is 16.4. The van der Waals surface area contributed by atoms with Gasteiger partial charge in [-0.05, 0) is 42.0 Å². The molecule has 1 amide bonds. The van der Waals surface area contributed by atoms with Gasteiger partial charge >= 0.3 is 0 Å². The molecule has 0 unspecified atom stereocenters. The Morgan fingerprint density at radius 2 is 1.88 bits per heavy atom. The number of hydrogen-bond acceptors (Lipinski definition) is 3. The number of imidazole rings is 1. The van der Waals surface area contributed by atoms with Crippen LogP contribution in [0.2, 0.25) is 10.0 Å². The van der Waals surface area contributed by atoms with Crippen molar-refractivity contribution >= 4 is 34.8 Å². The van der Waals surface area contributed by atoms with Crippen molar-refractivity contribution in [1.82, 2.24) is 19.7 Å². The predicted octanol–water partition coefficient (Wildman–Crippen LogP) is 1.14. The van der Waals surface area contributed by atoms with Crippen LogP contribution >= 0.6 is 23.2 Å². The van der Waals surface area contributed by atoms with Gasteiger partial charge < -0.3 is 18.1 Å². The van der Waals surface area contributed by atoms with E-state index in [0.29, 0.717) is 16.6 Å². The van der Waals surface area contributed by atoms with Gasteiger partial charge in [0, 0.05) is 21.9 Å². The van der Waals surface area contributed by atoms with Crippen LogP contribution < -0.4 is 22.8 Å². The molecule has 0 aliphatic heterocycles. The molecular formula is C23H17Cl3N6O. The zero-order chi connectivity index (χ0) is 22.2. The molecule has 0 aliphatic carbocycles. The van der Waals surface area contributed by atoms with Gasteiger partial charge in [0.25, 0.3) is 5.69 Å². The largest absolute Gasteiger partial charge is 1.00 e. The summed E-state index contributed by atoms with van der Waals surface area (Å²) < 4.78 is 3.81. The van der Waals surface area contributed by atoms with Crippen LogP contribution in [-0.2, 0) is 6.54 Å². The number of carbonyl (C=O) groups excluding carboxylic acids is 1. The Morgan fingerprint density at radius 1 is 1.09 bits per heavy atom. The van der Waals surface area contributed by atoms with Crippen molar-refractivity contribution in [3.05, 3.63) is 94.2 Å². The summed E-state index contributed by atoms with van der Waals surface area (Å²) >= 11 is 12.1. The Bertz CT molecular complexity index is 1460. The van der Waals surface area contributed by atoms with Crippen molar-refractivity contribution in [2.45, 2.75) is 6.54 Å². The molecule has 5 aromatic rings. The zero-order valence-corrected chi connectivity index (χ0v) is 19.3. The molecule has 3 aromatic heterocycles. The highest BCUT2D eigenvalue weighted by Gasteiger charge is 2.23. The second-order valence-electron chi connectivity index (χ2n) is 7.28. The van der Waals surface area contributed by atoms with Crippen LogP contribution in [0.15, 0.2) is 73.1 Å². The maximum absolute atomic E-state index is 11.6. The van der Waals surface area contributed by atoms with Crippen LogP contribution in [0.1, 0.15) is 15.9 Å². The molecule has 3 N–H and O–H groups in total. The van der Waals surface area contributed by atoms with E-state index in [1.165, 1.54) is 0 Å². The van der Waals surface area contributed by atoms with Crippen molar-refractivity contribution < 1.29 is 21.9 Å². The molecule has 10 heteroatoms. The number of hydrogen-bond donors (Lipinski definition) is 2. The van der Waals surface area contributed by atoms with Gasteiger partial charge in [0.15, 0.2) is 6.20 Å². The van der Waals surface area contributed by atoms with E-state index in [0.717, 1.165) is 33.9 Å². The molecule has 0 bridgehead atoms. The highest BCUT2D eigenvalue weighted by atomic mass is 35.5. The molecule has 0 fully saturated rings. The second kappa shape index (κ2) is 9.23. The lowest BCUT2D eigenvalue weighted by atomic mass is 10.1. The molecule has 3 heterocycles. The maximum atomic E-state index is 11.6. The molecule has 5 rings (SSSR count). The number of H-pyrrole nitrogens is 1. The molecule has 0 atom stereocenters. The number of carbonyl (C=O) groups is 1. The first-order valence-electron chi connectivity index (χ1n) is 9.76. The van der Waals surface area contributed by atoms with Gasteiger partial charge in [0.1, 0.15) is 23.6 Å². The second-order valence-corrected chi connectivity index (χ2v) is 8.12. The Hall–Kier alpha value is -3.39. The number of nitrogens with zero attached hydrogens (tertiary/aromatic N) is 4. The number of primary amides is 1. The average Bonchev–Trinajstić information content (AvgIpc) is 3.39. The van der Waals surface area contributed by atoms with E-state index in [1.807, 2.05) is 70.0 Å². The van der Waals surface area contributed by atoms with E-state index in [9.17, 15) is 4.79 Å². The molecule has 33 heavy (non-hydrogen) atoms. The summed E-state index contributed by atoms with van der Waals surface area (Å²) in [5.74, 6) is -0.564. The Morgan fingerprint density at radius 3 is 2.64 bits per heavy atom. The van der Waals surface area contributed by atoms with Gasteiger partial charge in [-0.15, -0.1) is 0 Å². The number of aromatic nitrogens is 5. The molecule has 0 radical (unpaired) electrons. The van der Waals surface area contributed by atoms with Gasteiger partial charge in [-0.25, -0.2) is 4.98 Å². The number of rotatable bonds is 5. The minimum Gasteiger partial charge on any atom is -1.00 e. The first kappa shape index (κ1) is 22.8. The molecule has 2 aromatic carbocycles. The highest BCUT2D eigenvalue weighted by molar-refractivity contribution is 6.33. The Kier molecular flexibility index (Phi) is 6.37. The molecule has 0 saturated carbocycles. The number of nitrogens with two attached hydrogens (primary N) is 1. The molecule has 0 saturated heterocycles. The van der Waals surface area contributed by atoms with Gasteiger partial charge in [0.2, 0.25) is 5.91 Å². The molecule has 166 valence electrons. The third kappa shape index (κ3) is 4.43. The molecular weight excluding hydrogens is 483 g/mol. The molecule has 7 nitrogen and oxygen atoms in total. The predicted molar refractivity (Wildman–Crippen MR) is 122 cm³/mol. The quantitative estimate of drug-likeness (QED) is 0.355. The minimum atomic E-state index is -0.564. The summed E-state index contributed by atoms with van der Waals surface area (Å²) in [5.41, 5.74) is 10.7. The topological polar surface area (TPSA) is 93.0 Å². The van der Waals surface area contributed by atoms with Crippen LogP contribution in [0, 0.1) is 0 Å². The maximum Gasteiger partial charge on any atom is 0.267 e. The van der Waals surface area contributed by atoms with Crippen molar-refractivity contribution in [2.24, 2.45) is 5.73 Å². The summed E-state index contributed by atoms with van der Waals surface area (Å²) in [6.07, 6.45) is 3.85. The van der Waals surface area contributed by atoms with E-state index in [4.69, 9.17) is 33.9 Å². The normalized spacial score (nSPS) is 10.8. The minimum absolute atomic E-state index is 0. The van der Waals surface area contributed by atoms with E-state index in [-0.39, 0.29) is 18.0 Å². The number of halogens is 3. The number of nitrogens with one attached hydrogen (secondary N) is 1. The fourth-order valence-corrected chi connectivity index (χ4v) is 3.96. The highest BCUT2D eigenvalue weighted by Crippen LogP contribution is 2.31. The number of fused-ring (bicyclic) bond motifs is 1. The van der Waals surface area contributed by atoms with Crippen molar-refractivity contribution in [2.75, 3.05) is 0 Å². The van der Waals surface area contributed by atoms with Crippen LogP contribution in [0.3, 0.4) is 0 Å². The van der Waals surface area contributed by atoms with Crippen LogP contribution in [0.25, 0.3) is 28.3 Å². The van der Waals surface area contributed by atoms with Crippen molar-refractivity contribution in [1.29, 1.82) is 0 Å². The first-order valence-corrected chi connectivity index (χ1v) is 10.5. The smallest absolute Gasteiger partial charge is 0.267 e. The average molecular weight is 500 g/mol. The van der Waals surface area contributed by atoms with E-state index in [2.05, 4.69) is 10.3 Å². The lowest BCUT2D eigenvalue weighted by Crippen LogP contribution is -3.00. The van der Waals surface area contributed by atoms with Crippen LogP contribution in [0.5, 0.6) is 0 Å². The number of benzene rings is 2. The van der Waals surface area contributed by atoms with Crippen LogP contribution in [-0.4, -0.2) is 25.6 Å². The fraction of sp³-hybridized carbons (Fsp3) is 0.0435. The SMILES string of the molecule is NC(=O)c1cc(C[n+]2cc(-c3c(-c4ccc(Cl)cc4)nc4ccccn34)n[nH]2)ccc1Cl.[Cl-]. The van der Waals surface area contributed by atoms with Crippen molar-refractivity contribution in [3.63, 3.8) is 0 Å². The third-order valence-electron chi connectivity index (χ3n) is 5.12. The summed E-state index contributed by atoms with van der Waals surface area (Å²) in [5, 5.41) is 8.52. The van der Waals surface area contributed by atoms with Crippen LogP contribution in [0.4, 0.5) is 0 Å². The summed E-state index contributed by atoms with van der Waals surface area (Å²) in [7, 11) is 0. The summed E-state index contributed by atoms with van der Waals surface area (Å²) in [6.45, 7) is 0.456. The third-order valence-corrected chi connectivity index (χ3v) is 5.70. The van der Waals surface area contributed by atoms with E-state index in [1.54, 1.807) is 12.1 Å². The standard InChI is InChI=1S/C23H16Cl2N6O.ClH/c24-16-7-5-15(6-8-16)21-22(31-10-2-1-3-20(31)27-21)19-13-30(29-28-19)12-14-4-9-18(25)17(11-14)23(26)32;/h1-11,13H,12H2,(H2,26,32);1H. The number of amides is 1. The monoisotopic (exact) mass is 498 g/mol. The van der Waals surface area contributed by atoms with Gasteiger partial charge in [-0.1, -0.05) is 52.7 Å². The number of aromatic amines is 1. The van der Waals surface area contributed by atoms with E-state index >= 15 is 0 Å². The lowest BCUT2D eigenvalue weighted by Gasteiger charge is -2.02. The molecule has 0 aliphatic rings. The fourth-order valence-electron chi connectivity index (χ4n) is 3.62. The zero-order valence-electron chi connectivity index (χ0n) is 17.0. The van der Waals surface area contributed by atoms with Crippen molar-refractivity contribution in [3.8, 4) is 22.6 Å². The Balaban J connectivity index is 0.00000259. The number of pyridine rings is 1. The molecule has 0 spiro atoms. The summed E-state index contributed by atoms with van der Waals surface area (Å²) in [6, 6.07) is 18.6. The Labute approximate surface area is 205 Å². The van der Waals surface area contributed by atoms with Gasteiger partial charge in [-0.3, -0.25) is 9.20 Å². The lowest BCUT2D eigenvalue weighted by molar-refractivity contribution is -0.745.